The second kappa shape index (κ2) is 5.57. The minimum absolute atomic E-state index is 0.143. The summed E-state index contributed by atoms with van der Waals surface area (Å²) in [6.45, 7) is 6.93. The molecule has 1 saturated carbocycles. The van der Waals surface area contributed by atoms with Crippen LogP contribution in [0, 0.1) is 5.92 Å². The van der Waals surface area contributed by atoms with Gasteiger partial charge in [0.2, 0.25) is 0 Å². The van der Waals surface area contributed by atoms with E-state index < -0.39 is 0 Å². The molecule has 5 heteroatoms. The van der Waals surface area contributed by atoms with Crippen LogP contribution in [0.15, 0.2) is 23.1 Å². The SMILES string of the molecule is C=C(C)CNc1c(Cl)cnn(CC2CCC2)c1=O. The first kappa shape index (κ1) is 13.1. The van der Waals surface area contributed by atoms with Gasteiger partial charge in [0.1, 0.15) is 5.69 Å². The second-order valence-corrected chi connectivity index (χ2v) is 5.37. The molecule has 2 rings (SSSR count). The summed E-state index contributed by atoms with van der Waals surface area (Å²) in [6.07, 6.45) is 5.16. The van der Waals surface area contributed by atoms with Crippen molar-refractivity contribution in [2.45, 2.75) is 32.7 Å². The van der Waals surface area contributed by atoms with E-state index in [-0.39, 0.29) is 5.56 Å². The molecule has 1 aromatic heterocycles. The molecule has 0 aliphatic heterocycles. The lowest BCUT2D eigenvalue weighted by atomic mass is 9.85. The minimum Gasteiger partial charge on any atom is -0.376 e. The highest BCUT2D eigenvalue weighted by Crippen LogP contribution is 2.27. The Morgan fingerprint density at radius 3 is 2.94 bits per heavy atom. The van der Waals surface area contributed by atoms with E-state index in [0.29, 0.717) is 29.7 Å². The van der Waals surface area contributed by atoms with Crippen LogP contribution in [-0.4, -0.2) is 16.3 Å². The quantitative estimate of drug-likeness (QED) is 0.835. The van der Waals surface area contributed by atoms with Crippen molar-refractivity contribution in [2.24, 2.45) is 5.92 Å². The zero-order chi connectivity index (χ0) is 13.1. The number of rotatable bonds is 5. The third kappa shape index (κ3) is 2.93. The van der Waals surface area contributed by atoms with Gasteiger partial charge in [-0.1, -0.05) is 30.2 Å². The molecule has 0 saturated heterocycles. The maximum Gasteiger partial charge on any atom is 0.291 e. The number of anilines is 1. The third-order valence-electron chi connectivity index (χ3n) is 3.22. The first-order valence-corrected chi connectivity index (χ1v) is 6.59. The smallest absolute Gasteiger partial charge is 0.291 e. The van der Waals surface area contributed by atoms with Crippen LogP contribution in [0.1, 0.15) is 26.2 Å². The molecule has 0 amide bonds. The molecule has 1 heterocycles. The van der Waals surface area contributed by atoms with E-state index in [1.807, 2.05) is 6.92 Å². The molecule has 4 nitrogen and oxygen atoms in total. The molecule has 0 bridgehead atoms. The van der Waals surface area contributed by atoms with Gasteiger partial charge in [-0.05, 0) is 25.7 Å². The summed E-state index contributed by atoms with van der Waals surface area (Å²) in [5.74, 6) is 0.588. The van der Waals surface area contributed by atoms with E-state index in [2.05, 4.69) is 17.0 Å². The van der Waals surface area contributed by atoms with Crippen molar-refractivity contribution < 1.29 is 0 Å². The van der Waals surface area contributed by atoms with Crippen molar-refractivity contribution >= 4 is 17.3 Å². The number of nitrogens with one attached hydrogen (secondary N) is 1. The van der Waals surface area contributed by atoms with Crippen molar-refractivity contribution in [3.63, 3.8) is 0 Å². The van der Waals surface area contributed by atoms with Gasteiger partial charge in [0.25, 0.3) is 5.56 Å². The third-order valence-corrected chi connectivity index (χ3v) is 3.51. The standard InChI is InChI=1S/C13H18ClN3O/c1-9(2)6-15-12-11(14)7-16-17(13(12)18)8-10-4-3-5-10/h7,10,15H,1,3-6,8H2,2H3. The van der Waals surface area contributed by atoms with Crippen LogP contribution in [0.4, 0.5) is 5.69 Å². The maximum absolute atomic E-state index is 12.2. The Labute approximate surface area is 112 Å². The number of nitrogens with zero attached hydrogens (tertiary/aromatic N) is 2. The monoisotopic (exact) mass is 267 g/mol. The van der Waals surface area contributed by atoms with Crippen LogP contribution in [0.2, 0.25) is 5.02 Å². The molecular formula is C13H18ClN3O. The molecule has 98 valence electrons. The molecule has 0 atom stereocenters. The highest BCUT2D eigenvalue weighted by molar-refractivity contribution is 6.33. The summed E-state index contributed by atoms with van der Waals surface area (Å²) in [5.41, 5.74) is 1.23. The second-order valence-electron chi connectivity index (χ2n) is 4.96. The number of aromatic nitrogens is 2. The zero-order valence-corrected chi connectivity index (χ0v) is 11.3. The van der Waals surface area contributed by atoms with Gasteiger partial charge in [0.05, 0.1) is 11.2 Å². The van der Waals surface area contributed by atoms with E-state index in [1.54, 1.807) is 0 Å². The zero-order valence-electron chi connectivity index (χ0n) is 10.6. The largest absolute Gasteiger partial charge is 0.376 e. The molecule has 0 unspecified atom stereocenters. The normalized spacial score (nSPS) is 15.2. The summed E-state index contributed by atoms with van der Waals surface area (Å²) in [7, 11) is 0. The van der Waals surface area contributed by atoms with Crippen molar-refractivity contribution in [3.8, 4) is 0 Å². The topological polar surface area (TPSA) is 46.9 Å². The Balaban J connectivity index is 2.18. The summed E-state index contributed by atoms with van der Waals surface area (Å²) >= 11 is 6.00. The predicted octanol–water partition coefficient (Wildman–Crippen LogP) is 2.68. The van der Waals surface area contributed by atoms with Crippen LogP contribution >= 0.6 is 11.6 Å². The molecule has 1 N–H and O–H groups in total. The van der Waals surface area contributed by atoms with Crippen LogP contribution in [0.25, 0.3) is 0 Å². The van der Waals surface area contributed by atoms with Gasteiger partial charge in [-0.2, -0.15) is 5.10 Å². The molecule has 1 aliphatic carbocycles. The minimum atomic E-state index is -0.143. The molecule has 18 heavy (non-hydrogen) atoms. The van der Waals surface area contributed by atoms with Crippen molar-refractivity contribution in [1.82, 2.24) is 9.78 Å². The summed E-state index contributed by atoms with van der Waals surface area (Å²) in [5, 5.41) is 7.49. The predicted molar refractivity (Wildman–Crippen MR) is 74.2 cm³/mol. The first-order chi connectivity index (χ1) is 8.58. The first-order valence-electron chi connectivity index (χ1n) is 6.22. The van der Waals surface area contributed by atoms with Gasteiger partial charge < -0.3 is 5.32 Å². The van der Waals surface area contributed by atoms with E-state index in [0.717, 1.165) is 5.57 Å². The van der Waals surface area contributed by atoms with Crippen LogP contribution in [0.5, 0.6) is 0 Å². The maximum atomic E-state index is 12.2. The Hall–Kier alpha value is -1.29. The molecule has 0 spiro atoms. The summed E-state index contributed by atoms with van der Waals surface area (Å²) < 4.78 is 1.51. The van der Waals surface area contributed by atoms with Crippen molar-refractivity contribution in [3.05, 3.63) is 33.7 Å². The van der Waals surface area contributed by atoms with Gasteiger partial charge in [-0.25, -0.2) is 4.68 Å². The van der Waals surface area contributed by atoms with E-state index in [4.69, 9.17) is 11.6 Å². The number of halogens is 1. The lowest BCUT2D eigenvalue weighted by molar-refractivity contribution is 0.262. The van der Waals surface area contributed by atoms with Gasteiger partial charge in [-0.3, -0.25) is 4.79 Å². The van der Waals surface area contributed by atoms with Gasteiger partial charge in [0, 0.05) is 13.1 Å². The Morgan fingerprint density at radius 1 is 1.67 bits per heavy atom. The summed E-state index contributed by atoms with van der Waals surface area (Å²) in [6, 6.07) is 0. The van der Waals surface area contributed by atoms with Crippen molar-refractivity contribution in [2.75, 3.05) is 11.9 Å². The fourth-order valence-corrected chi connectivity index (χ4v) is 2.11. The van der Waals surface area contributed by atoms with Crippen LogP contribution in [0.3, 0.4) is 0 Å². The molecule has 1 aliphatic rings. The summed E-state index contributed by atoms with van der Waals surface area (Å²) in [4.78, 5) is 12.2. The van der Waals surface area contributed by atoms with E-state index in [1.165, 1.54) is 30.1 Å². The lowest BCUT2D eigenvalue weighted by Crippen LogP contribution is -2.31. The van der Waals surface area contributed by atoms with E-state index >= 15 is 0 Å². The highest BCUT2D eigenvalue weighted by Gasteiger charge is 2.20. The molecule has 1 aromatic rings. The highest BCUT2D eigenvalue weighted by atomic mass is 35.5. The average molecular weight is 268 g/mol. The Morgan fingerprint density at radius 2 is 2.39 bits per heavy atom. The molecule has 0 aromatic carbocycles. The molecular weight excluding hydrogens is 250 g/mol. The molecule has 1 fully saturated rings. The average Bonchev–Trinajstić information content (AvgIpc) is 2.25. The van der Waals surface area contributed by atoms with Gasteiger partial charge >= 0.3 is 0 Å². The fraction of sp³-hybridized carbons (Fsp3) is 0.538. The Kier molecular flexibility index (Phi) is 4.07. The van der Waals surface area contributed by atoms with Gasteiger partial charge in [0.15, 0.2) is 0 Å². The van der Waals surface area contributed by atoms with Crippen molar-refractivity contribution in [1.29, 1.82) is 0 Å². The molecule has 0 radical (unpaired) electrons. The fourth-order valence-electron chi connectivity index (χ4n) is 1.92. The van der Waals surface area contributed by atoms with Gasteiger partial charge in [-0.15, -0.1) is 0 Å². The van der Waals surface area contributed by atoms with Crippen LogP contribution in [-0.2, 0) is 6.54 Å². The number of hydrogen-bond donors (Lipinski definition) is 1. The van der Waals surface area contributed by atoms with E-state index in [9.17, 15) is 4.79 Å². The Bertz CT molecular complexity index is 505. The lowest BCUT2D eigenvalue weighted by Gasteiger charge is -2.25. The van der Waals surface area contributed by atoms with Crippen LogP contribution < -0.4 is 10.9 Å². The number of hydrogen-bond acceptors (Lipinski definition) is 3.